The molecule has 1 aliphatic carbocycles. The van der Waals surface area contributed by atoms with Crippen LogP contribution in [0.15, 0.2) is 23.1 Å². The number of hydrogen-bond donors (Lipinski definition) is 4. The predicted octanol–water partition coefficient (Wildman–Crippen LogP) is 0.0990. The molecular weight excluding hydrogens is 254 g/mol. The van der Waals surface area contributed by atoms with Gasteiger partial charge in [-0.15, -0.1) is 0 Å². The second-order valence-electron chi connectivity index (χ2n) is 4.67. The second-order valence-corrected chi connectivity index (χ2v) is 6.23. The third kappa shape index (κ3) is 2.92. The molecule has 100 valence electrons. The van der Waals surface area contributed by atoms with E-state index in [1.54, 1.807) is 6.07 Å². The van der Waals surface area contributed by atoms with Gasteiger partial charge in [-0.05, 0) is 37.0 Å². The van der Waals surface area contributed by atoms with Crippen molar-refractivity contribution < 1.29 is 13.5 Å². The Morgan fingerprint density at radius 2 is 2.06 bits per heavy atom. The third-order valence-electron chi connectivity index (χ3n) is 3.14. The lowest BCUT2D eigenvalue weighted by molar-refractivity contribution is 0.0487. The summed E-state index contributed by atoms with van der Waals surface area (Å²) >= 11 is 0. The molecule has 6 N–H and O–H groups in total. The molecule has 18 heavy (non-hydrogen) atoms. The standard InChI is InChI=1S/C11H17N3O3S/c12-10-5-9(18(13,16)17)1-2-11(10)14-6-7-3-8(15)4-7/h1-2,5,7-8,14-15H,3-4,6,12H2,(H2,13,16,17). The summed E-state index contributed by atoms with van der Waals surface area (Å²) in [4.78, 5) is 0.00427. The van der Waals surface area contributed by atoms with E-state index in [2.05, 4.69) is 5.32 Å². The lowest BCUT2D eigenvalue weighted by atomic mass is 9.82. The molecule has 0 amide bonds. The number of nitrogen functional groups attached to an aromatic ring is 1. The average molecular weight is 271 g/mol. The smallest absolute Gasteiger partial charge is 0.238 e. The largest absolute Gasteiger partial charge is 0.397 e. The van der Waals surface area contributed by atoms with Crippen LogP contribution in [0.5, 0.6) is 0 Å². The maximum atomic E-state index is 11.1. The molecule has 0 saturated heterocycles. The van der Waals surface area contributed by atoms with Gasteiger partial charge in [0.2, 0.25) is 10.0 Å². The van der Waals surface area contributed by atoms with Crippen molar-refractivity contribution >= 4 is 21.4 Å². The minimum atomic E-state index is -3.71. The van der Waals surface area contributed by atoms with Crippen molar-refractivity contribution in [1.29, 1.82) is 0 Å². The molecule has 0 heterocycles. The Labute approximate surface area is 106 Å². The molecular formula is C11H17N3O3S. The second kappa shape index (κ2) is 4.75. The number of sulfonamides is 1. The molecule has 1 aliphatic rings. The Morgan fingerprint density at radius 3 is 2.56 bits per heavy atom. The summed E-state index contributed by atoms with van der Waals surface area (Å²) in [5.41, 5.74) is 6.79. The van der Waals surface area contributed by atoms with Crippen LogP contribution in [0.2, 0.25) is 0 Å². The molecule has 6 nitrogen and oxygen atoms in total. The number of nitrogens with one attached hydrogen (secondary N) is 1. The quantitative estimate of drug-likeness (QED) is 0.579. The van der Waals surface area contributed by atoms with Crippen LogP contribution in [0.1, 0.15) is 12.8 Å². The van der Waals surface area contributed by atoms with E-state index in [4.69, 9.17) is 16.0 Å². The van der Waals surface area contributed by atoms with Crippen LogP contribution in [0.4, 0.5) is 11.4 Å². The number of aliphatic hydroxyl groups excluding tert-OH is 1. The number of benzene rings is 1. The topological polar surface area (TPSA) is 118 Å². The van der Waals surface area contributed by atoms with Gasteiger partial charge in [0, 0.05) is 6.54 Å². The highest BCUT2D eigenvalue weighted by molar-refractivity contribution is 7.89. The molecule has 0 bridgehead atoms. The Bertz CT molecular complexity index is 538. The first-order valence-electron chi connectivity index (χ1n) is 5.70. The van der Waals surface area contributed by atoms with Gasteiger partial charge in [-0.1, -0.05) is 0 Å². The van der Waals surface area contributed by atoms with Gasteiger partial charge in [0.1, 0.15) is 0 Å². The number of primary sulfonamides is 1. The summed E-state index contributed by atoms with van der Waals surface area (Å²) in [6.45, 7) is 0.718. The highest BCUT2D eigenvalue weighted by Crippen LogP contribution is 2.28. The molecule has 0 aliphatic heterocycles. The molecule has 7 heteroatoms. The molecule has 1 aromatic carbocycles. The van der Waals surface area contributed by atoms with Gasteiger partial charge in [0.15, 0.2) is 0 Å². The van der Waals surface area contributed by atoms with Gasteiger partial charge in [0.25, 0.3) is 0 Å². The van der Waals surface area contributed by atoms with Gasteiger partial charge in [0.05, 0.1) is 22.4 Å². The van der Waals surface area contributed by atoms with E-state index in [0.717, 1.165) is 19.4 Å². The Hall–Kier alpha value is -1.31. The third-order valence-corrected chi connectivity index (χ3v) is 4.05. The maximum absolute atomic E-state index is 11.1. The van der Waals surface area contributed by atoms with Crippen LogP contribution < -0.4 is 16.2 Å². The molecule has 1 aromatic rings. The van der Waals surface area contributed by atoms with Gasteiger partial charge < -0.3 is 16.2 Å². The van der Waals surface area contributed by atoms with E-state index in [-0.39, 0.29) is 11.0 Å². The SMILES string of the molecule is Nc1cc(S(N)(=O)=O)ccc1NCC1CC(O)C1. The fourth-order valence-electron chi connectivity index (χ4n) is 2.00. The van der Waals surface area contributed by atoms with Crippen LogP contribution in [-0.4, -0.2) is 26.2 Å². The van der Waals surface area contributed by atoms with E-state index in [1.807, 2.05) is 0 Å². The van der Waals surface area contributed by atoms with Crippen LogP contribution >= 0.6 is 0 Å². The number of hydrogen-bond acceptors (Lipinski definition) is 5. The number of rotatable bonds is 4. The van der Waals surface area contributed by atoms with Gasteiger partial charge in [-0.2, -0.15) is 0 Å². The normalized spacial score (nSPS) is 23.4. The van der Waals surface area contributed by atoms with Crippen molar-refractivity contribution in [3.8, 4) is 0 Å². The zero-order chi connectivity index (χ0) is 13.3. The van der Waals surface area contributed by atoms with Crippen molar-refractivity contribution in [3.05, 3.63) is 18.2 Å². The number of nitrogens with two attached hydrogens (primary N) is 2. The number of aliphatic hydroxyl groups is 1. The fraction of sp³-hybridized carbons (Fsp3) is 0.455. The highest BCUT2D eigenvalue weighted by atomic mass is 32.2. The molecule has 0 radical (unpaired) electrons. The molecule has 0 atom stereocenters. The Morgan fingerprint density at radius 1 is 1.39 bits per heavy atom. The molecule has 0 aromatic heterocycles. The molecule has 1 fully saturated rings. The van der Waals surface area contributed by atoms with Crippen molar-refractivity contribution in [3.63, 3.8) is 0 Å². The monoisotopic (exact) mass is 271 g/mol. The first kappa shape index (κ1) is 13.1. The summed E-state index contributed by atoms with van der Waals surface area (Å²) in [6.07, 6.45) is 1.41. The predicted molar refractivity (Wildman–Crippen MR) is 69.4 cm³/mol. The summed E-state index contributed by atoms with van der Waals surface area (Å²) in [5.74, 6) is 0.442. The van der Waals surface area contributed by atoms with E-state index in [9.17, 15) is 8.42 Å². The molecule has 2 rings (SSSR count). The lowest BCUT2D eigenvalue weighted by Crippen LogP contribution is -2.33. The minimum absolute atomic E-state index is 0.00427. The Kier molecular flexibility index (Phi) is 3.47. The zero-order valence-electron chi connectivity index (χ0n) is 9.83. The average Bonchev–Trinajstić information content (AvgIpc) is 2.22. The van der Waals surface area contributed by atoms with Crippen molar-refractivity contribution in [1.82, 2.24) is 0 Å². The van der Waals surface area contributed by atoms with Crippen LogP contribution in [0.25, 0.3) is 0 Å². The van der Waals surface area contributed by atoms with Crippen molar-refractivity contribution in [2.75, 3.05) is 17.6 Å². The van der Waals surface area contributed by atoms with Crippen LogP contribution in [-0.2, 0) is 10.0 Å². The maximum Gasteiger partial charge on any atom is 0.238 e. The summed E-state index contributed by atoms with van der Waals surface area (Å²) in [6, 6.07) is 4.36. The molecule has 0 unspecified atom stereocenters. The Balaban J connectivity index is 2.01. The first-order valence-corrected chi connectivity index (χ1v) is 7.25. The van der Waals surface area contributed by atoms with Crippen molar-refractivity contribution in [2.24, 2.45) is 11.1 Å². The zero-order valence-corrected chi connectivity index (χ0v) is 10.7. The highest BCUT2D eigenvalue weighted by Gasteiger charge is 2.26. The summed E-state index contributed by atoms with van der Waals surface area (Å²) in [5, 5.41) is 17.3. The minimum Gasteiger partial charge on any atom is -0.397 e. The first-order chi connectivity index (χ1) is 8.36. The lowest BCUT2D eigenvalue weighted by Gasteiger charge is -2.31. The number of anilines is 2. The van der Waals surface area contributed by atoms with E-state index >= 15 is 0 Å². The van der Waals surface area contributed by atoms with Gasteiger partial charge in [-0.3, -0.25) is 0 Å². The molecule has 1 saturated carbocycles. The van der Waals surface area contributed by atoms with Crippen LogP contribution in [0.3, 0.4) is 0 Å². The fourth-order valence-corrected chi connectivity index (χ4v) is 2.55. The summed E-state index contributed by atoms with van der Waals surface area (Å²) < 4.78 is 22.3. The molecule has 0 spiro atoms. The van der Waals surface area contributed by atoms with Gasteiger partial charge >= 0.3 is 0 Å². The van der Waals surface area contributed by atoms with E-state index in [1.165, 1.54) is 12.1 Å². The van der Waals surface area contributed by atoms with Crippen molar-refractivity contribution in [2.45, 2.75) is 23.8 Å². The summed E-state index contributed by atoms with van der Waals surface area (Å²) in [7, 11) is -3.71. The van der Waals surface area contributed by atoms with E-state index < -0.39 is 10.0 Å². The van der Waals surface area contributed by atoms with Gasteiger partial charge in [-0.25, -0.2) is 13.6 Å². The van der Waals surface area contributed by atoms with E-state index in [0.29, 0.717) is 17.3 Å². The van der Waals surface area contributed by atoms with Crippen LogP contribution in [0, 0.1) is 5.92 Å².